The van der Waals surface area contributed by atoms with Crippen LogP contribution in [0.5, 0.6) is 0 Å². The Bertz CT molecular complexity index is 570. The Morgan fingerprint density at radius 1 is 0.947 bits per heavy atom. The van der Waals surface area contributed by atoms with Gasteiger partial charge in [-0.1, -0.05) is 35.4 Å². The lowest BCUT2D eigenvalue weighted by Gasteiger charge is -2.20. The second kappa shape index (κ2) is 5.54. The molecule has 1 N–H and O–H groups in total. The van der Waals surface area contributed by atoms with Gasteiger partial charge < -0.3 is 5.32 Å². The van der Waals surface area contributed by atoms with Crippen LogP contribution in [0.15, 0.2) is 36.4 Å². The van der Waals surface area contributed by atoms with Crippen molar-refractivity contribution in [2.24, 2.45) is 0 Å². The van der Waals surface area contributed by atoms with E-state index >= 15 is 0 Å². The van der Waals surface area contributed by atoms with Crippen molar-refractivity contribution in [1.29, 1.82) is 0 Å². The Hall–Kier alpha value is -1.67. The molecule has 2 aromatic rings. The molecule has 2 aromatic carbocycles. The lowest BCUT2D eigenvalue weighted by Crippen LogP contribution is -2.19. The van der Waals surface area contributed by atoms with E-state index in [-0.39, 0.29) is 11.9 Å². The van der Waals surface area contributed by atoms with Crippen LogP contribution in [-0.4, -0.2) is 7.05 Å². The number of halogens is 1. The van der Waals surface area contributed by atoms with Gasteiger partial charge >= 0.3 is 0 Å². The van der Waals surface area contributed by atoms with Gasteiger partial charge in [-0.05, 0) is 56.6 Å². The van der Waals surface area contributed by atoms with Crippen molar-refractivity contribution < 1.29 is 4.39 Å². The molecule has 0 aliphatic rings. The fourth-order valence-electron chi connectivity index (χ4n) is 2.64. The third kappa shape index (κ3) is 3.02. The number of rotatable bonds is 3. The zero-order valence-electron chi connectivity index (χ0n) is 11.9. The lowest BCUT2D eigenvalue weighted by atomic mass is 9.93. The Morgan fingerprint density at radius 3 is 2.11 bits per heavy atom. The molecule has 2 rings (SSSR count). The van der Waals surface area contributed by atoms with Crippen molar-refractivity contribution >= 4 is 0 Å². The average Bonchev–Trinajstić information content (AvgIpc) is 2.31. The molecular weight excluding hydrogens is 237 g/mol. The highest BCUT2D eigenvalue weighted by Crippen LogP contribution is 2.26. The molecule has 0 aliphatic heterocycles. The fourth-order valence-corrected chi connectivity index (χ4v) is 2.64. The number of nitrogens with one attached hydrogen (secondary N) is 1. The zero-order chi connectivity index (χ0) is 14.0. The molecule has 1 nitrogen and oxygen atoms in total. The highest BCUT2D eigenvalue weighted by molar-refractivity contribution is 5.40. The molecule has 2 heteroatoms. The van der Waals surface area contributed by atoms with Gasteiger partial charge in [0.25, 0.3) is 0 Å². The summed E-state index contributed by atoms with van der Waals surface area (Å²) in [4.78, 5) is 0. The van der Waals surface area contributed by atoms with Gasteiger partial charge in [-0.3, -0.25) is 0 Å². The molecular formula is C17H20FN. The molecule has 1 atom stereocenters. The van der Waals surface area contributed by atoms with Gasteiger partial charge in [0.05, 0.1) is 6.04 Å². The van der Waals surface area contributed by atoms with E-state index in [1.807, 2.05) is 20.0 Å². The summed E-state index contributed by atoms with van der Waals surface area (Å²) in [6, 6.07) is 11.6. The van der Waals surface area contributed by atoms with Crippen LogP contribution in [0.2, 0.25) is 0 Å². The molecule has 0 aliphatic carbocycles. The van der Waals surface area contributed by atoms with Crippen molar-refractivity contribution in [2.75, 3.05) is 7.05 Å². The first-order chi connectivity index (χ1) is 9.01. The Kier molecular flexibility index (Phi) is 4.01. The van der Waals surface area contributed by atoms with Gasteiger partial charge in [0.1, 0.15) is 5.82 Å². The van der Waals surface area contributed by atoms with E-state index in [1.54, 1.807) is 6.07 Å². The molecule has 0 radical (unpaired) electrons. The monoisotopic (exact) mass is 257 g/mol. The maximum atomic E-state index is 13.2. The van der Waals surface area contributed by atoms with Crippen molar-refractivity contribution in [2.45, 2.75) is 26.8 Å². The molecule has 1 unspecified atom stereocenters. The van der Waals surface area contributed by atoms with Crippen molar-refractivity contribution in [1.82, 2.24) is 5.32 Å². The summed E-state index contributed by atoms with van der Waals surface area (Å²) in [5, 5.41) is 3.33. The molecule has 0 amide bonds. The molecule has 0 fully saturated rings. The predicted molar refractivity (Wildman–Crippen MR) is 78.0 cm³/mol. The Labute approximate surface area is 114 Å². The van der Waals surface area contributed by atoms with Gasteiger partial charge in [-0.15, -0.1) is 0 Å². The van der Waals surface area contributed by atoms with Crippen LogP contribution >= 0.6 is 0 Å². The summed E-state index contributed by atoms with van der Waals surface area (Å²) >= 11 is 0. The van der Waals surface area contributed by atoms with Crippen LogP contribution in [0, 0.1) is 26.6 Å². The standard InChI is InChI=1S/C17H20FN/c1-11-7-12(2)9-14(8-11)17(19-4)16-6-5-15(18)10-13(16)3/h5-10,17,19H,1-4H3. The molecule has 0 heterocycles. The SMILES string of the molecule is CNC(c1cc(C)cc(C)c1)c1ccc(F)cc1C. The molecule has 0 saturated heterocycles. The first-order valence-electron chi connectivity index (χ1n) is 6.53. The van der Waals surface area contributed by atoms with E-state index in [0.717, 1.165) is 11.1 Å². The van der Waals surface area contributed by atoms with E-state index in [0.29, 0.717) is 0 Å². The number of aryl methyl sites for hydroxylation is 3. The van der Waals surface area contributed by atoms with Crippen molar-refractivity contribution in [3.8, 4) is 0 Å². The lowest BCUT2D eigenvalue weighted by molar-refractivity contribution is 0.621. The molecule has 19 heavy (non-hydrogen) atoms. The highest BCUT2D eigenvalue weighted by Gasteiger charge is 2.15. The third-order valence-electron chi connectivity index (χ3n) is 3.41. The number of hydrogen-bond acceptors (Lipinski definition) is 1. The summed E-state index contributed by atoms with van der Waals surface area (Å²) in [6.45, 7) is 6.15. The van der Waals surface area contributed by atoms with Crippen LogP contribution < -0.4 is 5.32 Å². The van der Waals surface area contributed by atoms with E-state index in [4.69, 9.17) is 0 Å². The summed E-state index contributed by atoms with van der Waals surface area (Å²) in [5.41, 5.74) is 5.80. The van der Waals surface area contributed by atoms with Crippen molar-refractivity contribution in [3.63, 3.8) is 0 Å². The quantitative estimate of drug-likeness (QED) is 0.874. The first kappa shape index (κ1) is 13.8. The summed E-state index contributed by atoms with van der Waals surface area (Å²) in [5.74, 6) is -0.184. The van der Waals surface area contributed by atoms with Crippen LogP contribution in [0.25, 0.3) is 0 Å². The van der Waals surface area contributed by atoms with Crippen LogP contribution in [0.3, 0.4) is 0 Å². The average molecular weight is 257 g/mol. The minimum Gasteiger partial charge on any atom is -0.309 e. The van der Waals surface area contributed by atoms with E-state index in [1.165, 1.54) is 22.8 Å². The van der Waals surface area contributed by atoms with Crippen LogP contribution in [-0.2, 0) is 0 Å². The maximum absolute atomic E-state index is 13.2. The summed E-state index contributed by atoms with van der Waals surface area (Å²) in [7, 11) is 1.94. The molecule has 0 saturated carbocycles. The van der Waals surface area contributed by atoms with Gasteiger partial charge in [-0.25, -0.2) is 4.39 Å². The molecule has 0 bridgehead atoms. The highest BCUT2D eigenvalue weighted by atomic mass is 19.1. The van der Waals surface area contributed by atoms with E-state index in [2.05, 4.69) is 37.4 Å². The Balaban J connectivity index is 2.49. The number of hydrogen-bond donors (Lipinski definition) is 1. The normalized spacial score (nSPS) is 12.5. The summed E-state index contributed by atoms with van der Waals surface area (Å²) < 4.78 is 13.2. The minimum atomic E-state index is -0.184. The second-order valence-corrected chi connectivity index (χ2v) is 5.14. The van der Waals surface area contributed by atoms with Crippen molar-refractivity contribution in [3.05, 3.63) is 70.0 Å². The van der Waals surface area contributed by atoms with Gasteiger partial charge in [0.2, 0.25) is 0 Å². The number of benzene rings is 2. The van der Waals surface area contributed by atoms with Gasteiger partial charge in [0, 0.05) is 0 Å². The summed E-state index contributed by atoms with van der Waals surface area (Å²) in [6.07, 6.45) is 0. The minimum absolute atomic E-state index is 0.0965. The fraction of sp³-hybridized carbons (Fsp3) is 0.294. The zero-order valence-corrected chi connectivity index (χ0v) is 11.9. The maximum Gasteiger partial charge on any atom is 0.123 e. The predicted octanol–water partition coefficient (Wildman–Crippen LogP) is 4.06. The molecule has 0 aromatic heterocycles. The van der Waals surface area contributed by atoms with E-state index in [9.17, 15) is 4.39 Å². The topological polar surface area (TPSA) is 12.0 Å². The van der Waals surface area contributed by atoms with Crippen LogP contribution in [0.1, 0.15) is 33.9 Å². The van der Waals surface area contributed by atoms with E-state index < -0.39 is 0 Å². The third-order valence-corrected chi connectivity index (χ3v) is 3.41. The largest absolute Gasteiger partial charge is 0.309 e. The van der Waals surface area contributed by atoms with Crippen LogP contribution in [0.4, 0.5) is 4.39 Å². The molecule has 100 valence electrons. The van der Waals surface area contributed by atoms with Gasteiger partial charge in [0.15, 0.2) is 0 Å². The van der Waals surface area contributed by atoms with Gasteiger partial charge in [-0.2, -0.15) is 0 Å². The Morgan fingerprint density at radius 2 is 1.58 bits per heavy atom. The first-order valence-corrected chi connectivity index (χ1v) is 6.53. The smallest absolute Gasteiger partial charge is 0.123 e. The molecule has 0 spiro atoms. The second-order valence-electron chi connectivity index (χ2n) is 5.14.